The molecule has 1 aliphatic rings. The first-order valence-electron chi connectivity index (χ1n) is 8.35. The van der Waals surface area contributed by atoms with Crippen molar-refractivity contribution < 1.29 is 9.53 Å². The van der Waals surface area contributed by atoms with Gasteiger partial charge in [0.2, 0.25) is 0 Å². The third-order valence-corrected chi connectivity index (χ3v) is 4.21. The Morgan fingerprint density at radius 1 is 1.39 bits per heavy atom. The van der Waals surface area contributed by atoms with E-state index >= 15 is 0 Å². The summed E-state index contributed by atoms with van der Waals surface area (Å²) in [6.07, 6.45) is 2.74. The van der Waals surface area contributed by atoms with Gasteiger partial charge in [-0.15, -0.1) is 0 Å². The molecule has 4 nitrogen and oxygen atoms in total. The molecule has 2 heterocycles. The number of aromatic nitrogens is 1. The standard InChI is InChI=1S/C19H24N2O2/c1-14(2)11-21(12-15-7-8-23-13-15)19(22)17-9-16-5-3-4-6-18(16)20-10-17/h3-6,9-10,14-15H,7-8,11-13H2,1-2H3. The molecule has 0 N–H and O–H groups in total. The Balaban J connectivity index is 1.82. The summed E-state index contributed by atoms with van der Waals surface area (Å²) < 4.78 is 5.46. The predicted molar refractivity (Wildman–Crippen MR) is 91.4 cm³/mol. The molecular weight excluding hydrogens is 288 g/mol. The van der Waals surface area contributed by atoms with Crippen LogP contribution in [0.4, 0.5) is 0 Å². The Morgan fingerprint density at radius 3 is 2.96 bits per heavy atom. The Bertz CT molecular complexity index is 678. The second-order valence-electron chi connectivity index (χ2n) is 6.75. The fourth-order valence-electron chi connectivity index (χ4n) is 3.09. The molecule has 1 amide bonds. The van der Waals surface area contributed by atoms with Crippen molar-refractivity contribution in [1.29, 1.82) is 0 Å². The van der Waals surface area contributed by atoms with Gasteiger partial charge < -0.3 is 9.64 Å². The van der Waals surface area contributed by atoms with Crippen molar-refractivity contribution in [3.05, 3.63) is 42.1 Å². The molecule has 1 fully saturated rings. The van der Waals surface area contributed by atoms with Gasteiger partial charge in [0, 0.05) is 37.2 Å². The number of amides is 1. The molecule has 1 aromatic heterocycles. The van der Waals surface area contributed by atoms with Gasteiger partial charge in [0.15, 0.2) is 0 Å². The number of carbonyl (C=O) groups excluding carboxylic acids is 1. The first kappa shape index (κ1) is 15.9. The zero-order valence-corrected chi connectivity index (χ0v) is 13.9. The van der Waals surface area contributed by atoms with Crippen LogP contribution < -0.4 is 0 Å². The lowest BCUT2D eigenvalue weighted by molar-refractivity contribution is 0.0698. The molecule has 2 aromatic rings. The summed E-state index contributed by atoms with van der Waals surface area (Å²) in [6, 6.07) is 9.84. The number of carbonyl (C=O) groups is 1. The third-order valence-electron chi connectivity index (χ3n) is 4.21. The molecule has 1 unspecified atom stereocenters. The van der Waals surface area contributed by atoms with Gasteiger partial charge in [0.05, 0.1) is 17.7 Å². The zero-order valence-electron chi connectivity index (χ0n) is 13.9. The second-order valence-corrected chi connectivity index (χ2v) is 6.75. The van der Waals surface area contributed by atoms with Gasteiger partial charge in [0.1, 0.15) is 0 Å². The maximum Gasteiger partial charge on any atom is 0.255 e. The second kappa shape index (κ2) is 7.09. The summed E-state index contributed by atoms with van der Waals surface area (Å²) in [7, 11) is 0. The van der Waals surface area contributed by atoms with Crippen LogP contribution in [0.2, 0.25) is 0 Å². The highest BCUT2D eigenvalue weighted by Gasteiger charge is 2.24. The smallest absolute Gasteiger partial charge is 0.255 e. The number of hydrogen-bond acceptors (Lipinski definition) is 3. The molecule has 1 atom stereocenters. The predicted octanol–water partition coefficient (Wildman–Crippen LogP) is 3.37. The van der Waals surface area contributed by atoms with Crippen LogP contribution in [0.1, 0.15) is 30.6 Å². The number of ether oxygens (including phenoxy) is 1. The molecule has 0 spiro atoms. The van der Waals surface area contributed by atoms with E-state index in [0.717, 1.165) is 43.6 Å². The minimum atomic E-state index is 0.0730. The maximum absolute atomic E-state index is 13.0. The normalized spacial score (nSPS) is 17.8. The van der Waals surface area contributed by atoms with Crippen molar-refractivity contribution in [3.63, 3.8) is 0 Å². The molecule has 1 aliphatic heterocycles. The average Bonchev–Trinajstić information content (AvgIpc) is 3.06. The molecule has 3 rings (SSSR count). The van der Waals surface area contributed by atoms with Crippen molar-refractivity contribution >= 4 is 16.8 Å². The molecule has 0 bridgehead atoms. The van der Waals surface area contributed by atoms with E-state index in [0.29, 0.717) is 17.4 Å². The summed E-state index contributed by atoms with van der Waals surface area (Å²) in [5, 5.41) is 1.01. The fraction of sp³-hybridized carbons (Fsp3) is 0.474. The SMILES string of the molecule is CC(C)CN(CC1CCOC1)C(=O)c1cnc2ccccc2c1. The Morgan fingerprint density at radius 2 is 2.22 bits per heavy atom. The van der Waals surface area contributed by atoms with Crippen LogP contribution in [0, 0.1) is 11.8 Å². The highest BCUT2D eigenvalue weighted by atomic mass is 16.5. The van der Waals surface area contributed by atoms with Crippen molar-refractivity contribution in [2.75, 3.05) is 26.3 Å². The average molecular weight is 312 g/mol. The number of para-hydroxylation sites is 1. The first-order valence-corrected chi connectivity index (χ1v) is 8.35. The van der Waals surface area contributed by atoms with Crippen molar-refractivity contribution in [3.8, 4) is 0 Å². The number of rotatable bonds is 5. The molecule has 0 aliphatic carbocycles. The van der Waals surface area contributed by atoms with E-state index < -0.39 is 0 Å². The van der Waals surface area contributed by atoms with Crippen LogP contribution in [0.15, 0.2) is 36.5 Å². The van der Waals surface area contributed by atoms with Crippen LogP contribution in [0.5, 0.6) is 0 Å². The molecule has 4 heteroatoms. The van der Waals surface area contributed by atoms with E-state index in [1.54, 1.807) is 6.20 Å². The molecule has 0 radical (unpaired) electrons. The molecule has 23 heavy (non-hydrogen) atoms. The molecule has 0 saturated carbocycles. The monoisotopic (exact) mass is 312 g/mol. The van der Waals surface area contributed by atoms with Gasteiger partial charge in [-0.2, -0.15) is 0 Å². The maximum atomic E-state index is 13.0. The largest absolute Gasteiger partial charge is 0.381 e. The fourth-order valence-corrected chi connectivity index (χ4v) is 3.09. The van der Waals surface area contributed by atoms with Gasteiger partial charge >= 0.3 is 0 Å². The van der Waals surface area contributed by atoms with Crippen molar-refractivity contribution in [2.24, 2.45) is 11.8 Å². The number of pyridine rings is 1. The number of nitrogens with zero attached hydrogens (tertiary/aromatic N) is 2. The highest BCUT2D eigenvalue weighted by molar-refractivity contribution is 5.97. The van der Waals surface area contributed by atoms with E-state index in [2.05, 4.69) is 18.8 Å². The summed E-state index contributed by atoms with van der Waals surface area (Å²) >= 11 is 0. The van der Waals surface area contributed by atoms with Gasteiger partial charge in [-0.05, 0) is 24.5 Å². The zero-order chi connectivity index (χ0) is 16.2. The lowest BCUT2D eigenvalue weighted by Gasteiger charge is -2.27. The van der Waals surface area contributed by atoms with E-state index in [9.17, 15) is 4.79 Å². The van der Waals surface area contributed by atoms with Crippen LogP contribution in [-0.4, -0.2) is 42.1 Å². The summed E-state index contributed by atoms with van der Waals surface area (Å²) in [4.78, 5) is 19.3. The number of hydrogen-bond donors (Lipinski definition) is 0. The quantitative estimate of drug-likeness (QED) is 0.850. The minimum absolute atomic E-state index is 0.0730. The van der Waals surface area contributed by atoms with Gasteiger partial charge in [-0.1, -0.05) is 32.0 Å². The summed E-state index contributed by atoms with van der Waals surface area (Å²) in [5.74, 6) is 0.963. The summed E-state index contributed by atoms with van der Waals surface area (Å²) in [6.45, 7) is 7.39. The molecule has 122 valence electrons. The first-order chi connectivity index (χ1) is 11.1. The summed E-state index contributed by atoms with van der Waals surface area (Å²) in [5.41, 5.74) is 1.59. The van der Waals surface area contributed by atoms with Crippen molar-refractivity contribution in [2.45, 2.75) is 20.3 Å². The van der Waals surface area contributed by atoms with E-state index in [1.807, 2.05) is 35.2 Å². The number of benzene rings is 1. The topological polar surface area (TPSA) is 42.4 Å². The Kier molecular flexibility index (Phi) is 4.91. The van der Waals surface area contributed by atoms with Crippen LogP contribution in [-0.2, 0) is 4.74 Å². The Labute approximate surface area is 137 Å². The van der Waals surface area contributed by atoms with Gasteiger partial charge in [-0.3, -0.25) is 9.78 Å². The van der Waals surface area contributed by atoms with E-state index in [-0.39, 0.29) is 5.91 Å². The Hall–Kier alpha value is -1.94. The molecule has 1 aromatic carbocycles. The van der Waals surface area contributed by atoms with Crippen LogP contribution >= 0.6 is 0 Å². The van der Waals surface area contributed by atoms with Crippen LogP contribution in [0.25, 0.3) is 10.9 Å². The minimum Gasteiger partial charge on any atom is -0.381 e. The molecular formula is C19H24N2O2. The third kappa shape index (κ3) is 3.88. The van der Waals surface area contributed by atoms with Gasteiger partial charge in [-0.25, -0.2) is 0 Å². The van der Waals surface area contributed by atoms with Crippen molar-refractivity contribution in [1.82, 2.24) is 9.88 Å². The molecule has 1 saturated heterocycles. The lowest BCUT2D eigenvalue weighted by Crippen LogP contribution is -2.38. The lowest BCUT2D eigenvalue weighted by atomic mass is 10.1. The van der Waals surface area contributed by atoms with Crippen LogP contribution in [0.3, 0.4) is 0 Å². The highest BCUT2D eigenvalue weighted by Crippen LogP contribution is 2.19. The van der Waals surface area contributed by atoms with E-state index in [4.69, 9.17) is 4.74 Å². The van der Waals surface area contributed by atoms with E-state index in [1.165, 1.54) is 0 Å². The van der Waals surface area contributed by atoms with Gasteiger partial charge in [0.25, 0.3) is 5.91 Å². The number of fused-ring (bicyclic) bond motifs is 1.